The Morgan fingerprint density at radius 3 is 2.23 bits per heavy atom. The lowest BCUT2D eigenvalue weighted by Gasteiger charge is -2.08. The normalized spacial score (nSPS) is 11.5. The standard InChI is InChI=1S/C12H9F3N2O5/c1-21-10(19)8-6-3-5(18)4-7(12(13,14)15)17(6)16-9(8)11(20)22-2/h3-4,16H,1-2H3. The van der Waals surface area contributed by atoms with Crippen LogP contribution in [0.3, 0.4) is 0 Å². The predicted octanol–water partition coefficient (Wildman–Crippen LogP) is 1.22. The second-order valence-electron chi connectivity index (χ2n) is 4.14. The summed E-state index contributed by atoms with van der Waals surface area (Å²) >= 11 is 0. The second-order valence-corrected chi connectivity index (χ2v) is 4.14. The molecule has 0 radical (unpaired) electrons. The maximum Gasteiger partial charge on any atom is 0.433 e. The molecule has 0 saturated heterocycles. The van der Waals surface area contributed by atoms with Crippen LogP contribution in [0, 0.1) is 0 Å². The fourth-order valence-corrected chi connectivity index (χ4v) is 1.94. The van der Waals surface area contributed by atoms with Crippen LogP contribution in [0.2, 0.25) is 0 Å². The Bertz CT molecular complexity index is 819. The molecule has 0 saturated carbocycles. The first-order chi connectivity index (χ1) is 10.2. The number of H-pyrrole nitrogens is 1. The summed E-state index contributed by atoms with van der Waals surface area (Å²) in [4.78, 5) is 34.9. The van der Waals surface area contributed by atoms with Crippen LogP contribution in [0.1, 0.15) is 26.5 Å². The minimum Gasteiger partial charge on any atom is -0.465 e. The van der Waals surface area contributed by atoms with E-state index >= 15 is 0 Å². The number of carbonyl (C=O) groups is 2. The molecule has 0 unspecified atom stereocenters. The number of hydrogen-bond donors (Lipinski definition) is 1. The number of ether oxygens (including phenoxy) is 2. The van der Waals surface area contributed by atoms with Gasteiger partial charge in [-0.15, -0.1) is 0 Å². The largest absolute Gasteiger partial charge is 0.465 e. The van der Waals surface area contributed by atoms with Gasteiger partial charge in [-0.2, -0.15) is 13.2 Å². The first-order valence-corrected chi connectivity index (χ1v) is 5.73. The number of pyridine rings is 1. The highest BCUT2D eigenvalue weighted by atomic mass is 19.4. The van der Waals surface area contributed by atoms with Gasteiger partial charge in [0.05, 0.1) is 19.7 Å². The molecular weight excluding hydrogens is 309 g/mol. The Hall–Kier alpha value is -2.78. The van der Waals surface area contributed by atoms with Gasteiger partial charge in [0.15, 0.2) is 11.1 Å². The van der Waals surface area contributed by atoms with E-state index in [1.165, 1.54) is 0 Å². The van der Waals surface area contributed by atoms with Crippen molar-refractivity contribution < 1.29 is 32.2 Å². The summed E-state index contributed by atoms with van der Waals surface area (Å²) in [5.41, 5.74) is -3.85. The van der Waals surface area contributed by atoms with E-state index < -0.39 is 46.0 Å². The summed E-state index contributed by atoms with van der Waals surface area (Å²) in [5, 5.41) is 2.11. The number of rotatable bonds is 2. The van der Waals surface area contributed by atoms with Gasteiger partial charge in [-0.3, -0.25) is 9.89 Å². The van der Waals surface area contributed by atoms with Gasteiger partial charge in [0.25, 0.3) is 0 Å². The third kappa shape index (κ3) is 2.43. The van der Waals surface area contributed by atoms with E-state index in [9.17, 15) is 27.6 Å². The van der Waals surface area contributed by atoms with Crippen LogP contribution in [0.15, 0.2) is 16.9 Å². The summed E-state index contributed by atoms with van der Waals surface area (Å²) in [6, 6.07) is 1.12. The molecule has 0 amide bonds. The van der Waals surface area contributed by atoms with Crippen molar-refractivity contribution in [3.63, 3.8) is 0 Å². The smallest absolute Gasteiger partial charge is 0.433 e. The van der Waals surface area contributed by atoms with Gasteiger partial charge in [0.1, 0.15) is 11.3 Å². The van der Waals surface area contributed by atoms with Crippen molar-refractivity contribution in [2.24, 2.45) is 0 Å². The van der Waals surface area contributed by atoms with E-state index in [2.05, 4.69) is 14.6 Å². The van der Waals surface area contributed by atoms with Crippen LogP contribution in [0.4, 0.5) is 13.2 Å². The quantitative estimate of drug-likeness (QED) is 0.841. The van der Waals surface area contributed by atoms with Crippen LogP contribution in [-0.2, 0) is 15.7 Å². The molecule has 0 bridgehead atoms. The molecule has 0 fully saturated rings. The maximum absolute atomic E-state index is 13.0. The third-order valence-corrected chi connectivity index (χ3v) is 2.84. The van der Waals surface area contributed by atoms with Crippen LogP contribution >= 0.6 is 0 Å². The molecule has 1 N–H and O–H groups in total. The number of hydrogen-bond acceptors (Lipinski definition) is 5. The van der Waals surface area contributed by atoms with E-state index in [0.717, 1.165) is 20.3 Å². The molecule has 2 aromatic rings. The monoisotopic (exact) mass is 318 g/mol. The topological polar surface area (TPSA) is 89.9 Å². The zero-order chi connectivity index (χ0) is 16.7. The molecule has 2 aromatic heterocycles. The molecule has 2 heterocycles. The van der Waals surface area contributed by atoms with Crippen LogP contribution < -0.4 is 5.43 Å². The Labute approximate surface area is 120 Å². The number of fused-ring (bicyclic) bond motifs is 1. The molecule has 22 heavy (non-hydrogen) atoms. The molecule has 118 valence electrons. The number of methoxy groups -OCH3 is 2. The summed E-state index contributed by atoms with van der Waals surface area (Å²) in [5.74, 6) is -2.16. The number of aromatic nitrogens is 2. The van der Waals surface area contributed by atoms with Gasteiger partial charge < -0.3 is 9.47 Å². The summed E-state index contributed by atoms with van der Waals surface area (Å²) in [6.07, 6.45) is -4.88. The van der Waals surface area contributed by atoms with Crippen molar-refractivity contribution in [3.8, 4) is 0 Å². The average molecular weight is 318 g/mol. The van der Waals surface area contributed by atoms with Crippen LogP contribution in [-0.4, -0.2) is 35.8 Å². The van der Waals surface area contributed by atoms with Crippen LogP contribution in [0.5, 0.6) is 0 Å². The van der Waals surface area contributed by atoms with Gasteiger partial charge in [-0.1, -0.05) is 0 Å². The number of nitrogens with one attached hydrogen (secondary N) is 1. The first-order valence-electron chi connectivity index (χ1n) is 5.73. The lowest BCUT2D eigenvalue weighted by molar-refractivity contribution is -0.142. The van der Waals surface area contributed by atoms with Gasteiger partial charge >= 0.3 is 18.1 Å². The highest BCUT2D eigenvalue weighted by Crippen LogP contribution is 2.30. The zero-order valence-corrected chi connectivity index (χ0v) is 11.3. The van der Waals surface area contributed by atoms with Crippen molar-refractivity contribution in [2.45, 2.75) is 6.18 Å². The summed E-state index contributed by atoms with van der Waals surface area (Å²) < 4.78 is 48.2. The molecule has 2 rings (SSSR count). The summed E-state index contributed by atoms with van der Waals surface area (Å²) in [7, 11) is 1.97. The Balaban J connectivity index is 2.96. The molecule has 0 aromatic carbocycles. The molecule has 0 aliphatic carbocycles. The first kappa shape index (κ1) is 15.6. The lowest BCUT2D eigenvalue weighted by Crippen LogP contribution is -2.17. The minimum atomic E-state index is -4.88. The van der Waals surface area contributed by atoms with E-state index in [1.54, 1.807) is 0 Å². The van der Waals surface area contributed by atoms with Gasteiger partial charge in [-0.25, -0.2) is 14.1 Å². The van der Waals surface area contributed by atoms with Gasteiger partial charge in [0.2, 0.25) is 0 Å². The lowest BCUT2D eigenvalue weighted by atomic mass is 10.2. The number of carbonyl (C=O) groups excluding carboxylic acids is 2. The minimum absolute atomic E-state index is 0.339. The highest BCUT2D eigenvalue weighted by molar-refractivity contribution is 6.07. The fourth-order valence-electron chi connectivity index (χ4n) is 1.94. The number of halogens is 3. The highest BCUT2D eigenvalue weighted by Gasteiger charge is 2.36. The zero-order valence-electron chi connectivity index (χ0n) is 11.3. The summed E-state index contributed by atoms with van der Waals surface area (Å²) in [6.45, 7) is 0. The number of esters is 2. The van der Waals surface area contributed by atoms with Crippen molar-refractivity contribution in [3.05, 3.63) is 39.3 Å². The molecular formula is C12H9F3N2O5. The van der Waals surface area contributed by atoms with E-state index in [1.807, 2.05) is 0 Å². The van der Waals surface area contributed by atoms with Gasteiger partial charge in [0, 0.05) is 12.1 Å². The van der Waals surface area contributed by atoms with Crippen molar-refractivity contribution in [1.82, 2.24) is 9.61 Å². The van der Waals surface area contributed by atoms with Crippen molar-refractivity contribution in [2.75, 3.05) is 14.2 Å². The number of alkyl halides is 3. The average Bonchev–Trinajstić information content (AvgIpc) is 2.82. The van der Waals surface area contributed by atoms with Gasteiger partial charge in [-0.05, 0) is 0 Å². The third-order valence-electron chi connectivity index (χ3n) is 2.84. The molecule has 0 atom stereocenters. The molecule has 10 heteroatoms. The second kappa shape index (κ2) is 5.20. The van der Waals surface area contributed by atoms with E-state index in [-0.39, 0.29) is 0 Å². The molecule has 7 nitrogen and oxygen atoms in total. The SMILES string of the molecule is COC(=O)c1[nH]n2c(C(F)(F)F)cc(=O)cc2c1C(=O)OC. The maximum atomic E-state index is 13.0. The predicted molar refractivity (Wildman–Crippen MR) is 65.7 cm³/mol. The number of aromatic amines is 1. The number of nitrogens with zero attached hydrogens (tertiary/aromatic N) is 1. The Kier molecular flexibility index (Phi) is 3.69. The van der Waals surface area contributed by atoms with Crippen molar-refractivity contribution >= 4 is 17.5 Å². The van der Waals surface area contributed by atoms with Crippen LogP contribution in [0.25, 0.3) is 5.52 Å². The Morgan fingerprint density at radius 2 is 1.73 bits per heavy atom. The van der Waals surface area contributed by atoms with Crippen molar-refractivity contribution in [1.29, 1.82) is 0 Å². The Morgan fingerprint density at radius 1 is 1.14 bits per heavy atom. The fraction of sp³-hybridized carbons (Fsp3) is 0.250. The molecule has 0 aliphatic heterocycles. The van der Waals surface area contributed by atoms with E-state index in [4.69, 9.17) is 0 Å². The van der Waals surface area contributed by atoms with E-state index in [0.29, 0.717) is 10.6 Å². The molecule has 0 spiro atoms. The molecule has 0 aliphatic rings.